The van der Waals surface area contributed by atoms with E-state index in [1.807, 2.05) is 0 Å². The molecule has 2 N–H and O–H groups in total. The molecule has 31 heavy (non-hydrogen) atoms. The number of halogens is 1. The molecule has 0 aliphatic rings. The average Bonchev–Trinajstić information content (AvgIpc) is 2.77. The number of hydrazone groups is 1. The Kier molecular flexibility index (Phi) is 7.54. The first kappa shape index (κ1) is 22.2. The second-order valence-electron chi connectivity index (χ2n) is 7.33. The van der Waals surface area contributed by atoms with Crippen molar-refractivity contribution in [3.63, 3.8) is 0 Å². The molecule has 0 spiro atoms. The standard InChI is InChI=1S/C24H26FN3O3/c1-2-3-4-5-10-15-28-20-14-9-7-12-18(20)22(29)21(24(28)31)23(30)27-26-16-17-11-6-8-13-19(17)25/h6-9,11-14,16,29H,2-5,10,15H2,1H3,(H,27,30)/b26-16-. The van der Waals surface area contributed by atoms with Crippen LogP contribution in [0, 0.1) is 5.82 Å². The number of para-hydroxylation sites is 1. The molecule has 0 atom stereocenters. The molecule has 3 rings (SSSR count). The molecule has 0 radical (unpaired) electrons. The third-order valence-electron chi connectivity index (χ3n) is 5.13. The van der Waals surface area contributed by atoms with Crippen LogP contribution in [0.1, 0.15) is 54.9 Å². The molecular formula is C24H26FN3O3. The summed E-state index contributed by atoms with van der Waals surface area (Å²) in [5.41, 5.74) is 2.03. The maximum atomic E-state index is 13.7. The van der Waals surface area contributed by atoms with Crippen LogP contribution < -0.4 is 11.0 Å². The molecule has 0 saturated carbocycles. The van der Waals surface area contributed by atoms with E-state index >= 15 is 0 Å². The Hall–Kier alpha value is -3.48. The van der Waals surface area contributed by atoms with E-state index in [1.54, 1.807) is 36.4 Å². The third kappa shape index (κ3) is 5.17. The van der Waals surface area contributed by atoms with Crippen molar-refractivity contribution in [1.29, 1.82) is 0 Å². The molecule has 0 aliphatic carbocycles. The molecule has 3 aromatic rings. The van der Waals surface area contributed by atoms with Gasteiger partial charge in [0.1, 0.15) is 17.1 Å². The van der Waals surface area contributed by atoms with Crippen molar-refractivity contribution in [2.75, 3.05) is 0 Å². The number of pyridine rings is 1. The highest BCUT2D eigenvalue weighted by molar-refractivity contribution is 6.02. The van der Waals surface area contributed by atoms with Crippen molar-refractivity contribution in [1.82, 2.24) is 9.99 Å². The Morgan fingerprint density at radius 1 is 1.10 bits per heavy atom. The zero-order valence-corrected chi connectivity index (χ0v) is 17.5. The normalized spacial score (nSPS) is 11.3. The van der Waals surface area contributed by atoms with Gasteiger partial charge in [0.15, 0.2) is 0 Å². The molecule has 2 aromatic carbocycles. The second-order valence-corrected chi connectivity index (χ2v) is 7.33. The van der Waals surface area contributed by atoms with Crippen LogP contribution in [0.4, 0.5) is 4.39 Å². The number of rotatable bonds is 9. The van der Waals surface area contributed by atoms with E-state index < -0.39 is 17.3 Å². The molecule has 6 nitrogen and oxygen atoms in total. The summed E-state index contributed by atoms with van der Waals surface area (Å²) in [7, 11) is 0. The van der Waals surface area contributed by atoms with Gasteiger partial charge in [0.05, 0.1) is 11.7 Å². The van der Waals surface area contributed by atoms with Gasteiger partial charge in [-0.25, -0.2) is 9.82 Å². The zero-order valence-electron chi connectivity index (χ0n) is 17.5. The molecule has 0 bridgehead atoms. The SMILES string of the molecule is CCCCCCCn1c(=O)c(C(=O)N/N=C\c2ccccc2F)c(O)c2ccccc21. The zero-order chi connectivity index (χ0) is 22.2. The molecule has 1 amide bonds. The number of nitrogens with one attached hydrogen (secondary N) is 1. The van der Waals surface area contributed by atoms with Crippen molar-refractivity contribution in [3.8, 4) is 5.75 Å². The van der Waals surface area contributed by atoms with E-state index in [9.17, 15) is 19.1 Å². The van der Waals surface area contributed by atoms with Crippen molar-refractivity contribution in [2.24, 2.45) is 5.10 Å². The minimum Gasteiger partial charge on any atom is -0.506 e. The van der Waals surface area contributed by atoms with Crippen LogP contribution in [0.3, 0.4) is 0 Å². The molecule has 162 valence electrons. The van der Waals surface area contributed by atoms with E-state index in [-0.39, 0.29) is 16.9 Å². The number of carbonyl (C=O) groups is 1. The highest BCUT2D eigenvalue weighted by Gasteiger charge is 2.21. The lowest BCUT2D eigenvalue weighted by molar-refractivity contribution is 0.0950. The van der Waals surface area contributed by atoms with Gasteiger partial charge >= 0.3 is 0 Å². The summed E-state index contributed by atoms with van der Waals surface area (Å²) in [6.07, 6.45) is 6.26. The Morgan fingerprint density at radius 2 is 1.81 bits per heavy atom. The van der Waals surface area contributed by atoms with E-state index in [1.165, 1.54) is 16.7 Å². The van der Waals surface area contributed by atoms with E-state index in [0.29, 0.717) is 17.4 Å². The van der Waals surface area contributed by atoms with Crippen LogP contribution in [0.15, 0.2) is 58.4 Å². The number of hydrogen-bond donors (Lipinski definition) is 2. The summed E-state index contributed by atoms with van der Waals surface area (Å²) in [4.78, 5) is 25.8. The van der Waals surface area contributed by atoms with Crippen LogP contribution >= 0.6 is 0 Å². The minimum absolute atomic E-state index is 0.190. The molecule has 1 aromatic heterocycles. The Morgan fingerprint density at radius 3 is 2.58 bits per heavy atom. The number of aryl methyl sites for hydroxylation is 1. The Bertz CT molecular complexity index is 1150. The summed E-state index contributed by atoms with van der Waals surface area (Å²) in [6.45, 7) is 2.58. The first-order chi connectivity index (χ1) is 15.0. The molecule has 0 fully saturated rings. The second kappa shape index (κ2) is 10.5. The monoisotopic (exact) mass is 423 g/mol. The number of fused-ring (bicyclic) bond motifs is 1. The maximum absolute atomic E-state index is 13.7. The molecule has 1 heterocycles. The van der Waals surface area contributed by atoms with Gasteiger partial charge in [0, 0.05) is 17.5 Å². The van der Waals surface area contributed by atoms with Gasteiger partial charge in [-0.3, -0.25) is 9.59 Å². The van der Waals surface area contributed by atoms with Gasteiger partial charge in [0.25, 0.3) is 11.5 Å². The molecule has 7 heteroatoms. The summed E-state index contributed by atoms with van der Waals surface area (Å²) in [5, 5.41) is 14.8. The molecular weight excluding hydrogens is 397 g/mol. The number of aromatic hydroxyl groups is 1. The summed E-state index contributed by atoms with van der Waals surface area (Å²) >= 11 is 0. The highest BCUT2D eigenvalue weighted by atomic mass is 19.1. The Labute approximate surface area is 180 Å². The van der Waals surface area contributed by atoms with Crippen molar-refractivity contribution in [3.05, 3.63) is 75.8 Å². The van der Waals surface area contributed by atoms with Gasteiger partial charge in [-0.05, 0) is 24.6 Å². The summed E-state index contributed by atoms with van der Waals surface area (Å²) in [5.74, 6) is -1.72. The van der Waals surface area contributed by atoms with Crippen molar-refractivity contribution in [2.45, 2.75) is 45.6 Å². The van der Waals surface area contributed by atoms with Gasteiger partial charge in [-0.2, -0.15) is 5.10 Å². The van der Waals surface area contributed by atoms with Gasteiger partial charge < -0.3 is 9.67 Å². The molecule has 0 unspecified atom stereocenters. The molecule has 0 saturated heterocycles. The number of aromatic nitrogens is 1. The number of benzene rings is 2. The highest BCUT2D eigenvalue weighted by Crippen LogP contribution is 2.26. The number of unbranched alkanes of at least 4 members (excludes halogenated alkanes) is 4. The topological polar surface area (TPSA) is 83.7 Å². The lowest BCUT2D eigenvalue weighted by Gasteiger charge is -2.14. The lowest BCUT2D eigenvalue weighted by Crippen LogP contribution is -2.31. The predicted molar refractivity (Wildman–Crippen MR) is 120 cm³/mol. The summed E-state index contributed by atoms with van der Waals surface area (Å²) in [6, 6.07) is 12.9. The average molecular weight is 423 g/mol. The first-order valence-electron chi connectivity index (χ1n) is 10.5. The number of nitrogens with zero attached hydrogens (tertiary/aromatic N) is 2. The van der Waals surface area contributed by atoms with E-state index in [4.69, 9.17) is 0 Å². The van der Waals surface area contributed by atoms with Crippen LogP contribution in [0.5, 0.6) is 5.75 Å². The number of hydrogen-bond acceptors (Lipinski definition) is 4. The smallest absolute Gasteiger partial charge is 0.280 e. The number of carbonyl (C=O) groups excluding carboxylic acids is 1. The molecule has 0 aliphatic heterocycles. The Balaban J connectivity index is 1.89. The maximum Gasteiger partial charge on any atom is 0.280 e. The lowest BCUT2D eigenvalue weighted by atomic mass is 10.1. The van der Waals surface area contributed by atoms with E-state index in [0.717, 1.165) is 38.3 Å². The third-order valence-corrected chi connectivity index (χ3v) is 5.13. The largest absolute Gasteiger partial charge is 0.506 e. The quantitative estimate of drug-likeness (QED) is 0.300. The fourth-order valence-corrected chi connectivity index (χ4v) is 3.49. The van der Waals surface area contributed by atoms with Gasteiger partial charge in [0.2, 0.25) is 0 Å². The predicted octanol–water partition coefficient (Wildman–Crippen LogP) is 4.58. The number of amides is 1. The fraction of sp³-hybridized carbons (Fsp3) is 0.292. The van der Waals surface area contributed by atoms with Gasteiger partial charge in [-0.15, -0.1) is 0 Å². The van der Waals surface area contributed by atoms with Crippen molar-refractivity contribution >= 4 is 23.0 Å². The van der Waals surface area contributed by atoms with Crippen LogP contribution in [-0.4, -0.2) is 21.8 Å². The fourth-order valence-electron chi connectivity index (χ4n) is 3.49. The van der Waals surface area contributed by atoms with E-state index in [2.05, 4.69) is 17.5 Å². The van der Waals surface area contributed by atoms with Crippen molar-refractivity contribution < 1.29 is 14.3 Å². The summed E-state index contributed by atoms with van der Waals surface area (Å²) < 4.78 is 15.2. The van der Waals surface area contributed by atoms with Crippen LogP contribution in [0.2, 0.25) is 0 Å². The van der Waals surface area contributed by atoms with Gasteiger partial charge in [-0.1, -0.05) is 62.9 Å². The van der Waals surface area contributed by atoms with Crippen LogP contribution in [-0.2, 0) is 6.54 Å². The first-order valence-corrected chi connectivity index (χ1v) is 10.5. The van der Waals surface area contributed by atoms with Crippen LogP contribution in [0.25, 0.3) is 10.9 Å². The minimum atomic E-state index is -0.847.